The van der Waals surface area contributed by atoms with Gasteiger partial charge in [0.05, 0.1) is 0 Å². The van der Waals surface area contributed by atoms with Crippen molar-refractivity contribution in [2.45, 2.75) is 45.2 Å². The Balaban J connectivity index is 1.99. The van der Waals surface area contributed by atoms with Gasteiger partial charge in [-0.15, -0.1) is 6.58 Å². The summed E-state index contributed by atoms with van der Waals surface area (Å²) in [5, 5.41) is 3.69. The first-order chi connectivity index (χ1) is 7.72. The van der Waals surface area contributed by atoms with Crippen LogP contribution in [0.25, 0.3) is 0 Å². The first-order valence-electron chi connectivity index (χ1n) is 6.80. The monoisotopic (exact) mass is 222 g/mol. The van der Waals surface area contributed by atoms with Crippen LogP contribution in [0.5, 0.6) is 0 Å². The van der Waals surface area contributed by atoms with Gasteiger partial charge in [0.2, 0.25) is 0 Å². The number of hydrogen-bond donors (Lipinski definition) is 1. The molecule has 16 heavy (non-hydrogen) atoms. The highest BCUT2D eigenvalue weighted by molar-refractivity contribution is 4.96. The molecule has 92 valence electrons. The maximum atomic E-state index is 3.81. The molecule has 1 aliphatic heterocycles. The number of nitrogens with zero attached hydrogens (tertiary/aromatic N) is 1. The van der Waals surface area contributed by atoms with Gasteiger partial charge in [-0.1, -0.05) is 12.5 Å². The molecule has 2 atom stereocenters. The van der Waals surface area contributed by atoms with Crippen molar-refractivity contribution < 1.29 is 0 Å². The van der Waals surface area contributed by atoms with Crippen LogP contribution in [-0.2, 0) is 0 Å². The summed E-state index contributed by atoms with van der Waals surface area (Å²) in [4.78, 5) is 2.67. The highest BCUT2D eigenvalue weighted by atomic mass is 15.2. The number of rotatable bonds is 4. The lowest BCUT2D eigenvalue weighted by molar-refractivity contribution is 0.0311. The van der Waals surface area contributed by atoms with E-state index in [-0.39, 0.29) is 0 Å². The zero-order valence-electron chi connectivity index (χ0n) is 10.8. The Hall–Kier alpha value is -0.340. The molecule has 1 N–H and O–H groups in total. The van der Waals surface area contributed by atoms with Crippen LogP contribution in [0.15, 0.2) is 12.7 Å². The van der Waals surface area contributed by atoms with Crippen LogP contribution >= 0.6 is 0 Å². The quantitative estimate of drug-likeness (QED) is 0.734. The predicted molar refractivity (Wildman–Crippen MR) is 69.5 cm³/mol. The summed E-state index contributed by atoms with van der Waals surface area (Å²) < 4.78 is 0. The Morgan fingerprint density at radius 2 is 1.94 bits per heavy atom. The molecule has 0 aromatic carbocycles. The summed E-state index contributed by atoms with van der Waals surface area (Å²) >= 11 is 0. The van der Waals surface area contributed by atoms with Crippen molar-refractivity contribution in [3.8, 4) is 0 Å². The summed E-state index contributed by atoms with van der Waals surface area (Å²) in [6.45, 7) is 12.0. The molecule has 0 amide bonds. The van der Waals surface area contributed by atoms with Crippen LogP contribution in [0.4, 0.5) is 0 Å². The van der Waals surface area contributed by atoms with Gasteiger partial charge in [-0.3, -0.25) is 0 Å². The maximum absolute atomic E-state index is 3.81. The Kier molecular flexibility index (Phi) is 4.04. The second-order valence-electron chi connectivity index (χ2n) is 5.72. The molecule has 2 aliphatic rings. The van der Waals surface area contributed by atoms with Gasteiger partial charge in [-0.25, -0.2) is 0 Å². The number of hydrogen-bond acceptors (Lipinski definition) is 2. The van der Waals surface area contributed by atoms with Crippen LogP contribution in [0, 0.1) is 11.8 Å². The van der Waals surface area contributed by atoms with Gasteiger partial charge in [0.25, 0.3) is 0 Å². The Morgan fingerprint density at radius 3 is 2.44 bits per heavy atom. The Bertz CT molecular complexity index is 223. The summed E-state index contributed by atoms with van der Waals surface area (Å²) in [5.41, 5.74) is 0. The van der Waals surface area contributed by atoms with E-state index in [1.807, 2.05) is 6.08 Å². The van der Waals surface area contributed by atoms with Crippen LogP contribution in [0.3, 0.4) is 0 Å². The van der Waals surface area contributed by atoms with E-state index in [0.29, 0.717) is 6.04 Å². The lowest BCUT2D eigenvalue weighted by Crippen LogP contribution is -2.58. The molecule has 2 bridgehead atoms. The topological polar surface area (TPSA) is 15.3 Å². The normalized spacial score (nSPS) is 35.3. The van der Waals surface area contributed by atoms with E-state index in [4.69, 9.17) is 0 Å². The van der Waals surface area contributed by atoms with E-state index < -0.39 is 0 Å². The molecule has 0 radical (unpaired) electrons. The smallest absolute Gasteiger partial charge is 0.0151 e. The van der Waals surface area contributed by atoms with Gasteiger partial charge in [-0.05, 0) is 38.5 Å². The second-order valence-corrected chi connectivity index (χ2v) is 5.72. The Labute approximate surface area is 100 Å². The molecule has 0 spiro atoms. The fraction of sp³-hybridized carbons (Fsp3) is 0.857. The maximum Gasteiger partial charge on any atom is 0.0151 e. The van der Waals surface area contributed by atoms with Gasteiger partial charge < -0.3 is 10.2 Å². The highest BCUT2D eigenvalue weighted by Gasteiger charge is 2.39. The second kappa shape index (κ2) is 5.33. The summed E-state index contributed by atoms with van der Waals surface area (Å²) in [7, 11) is 0. The predicted octanol–water partition coefficient (Wildman–Crippen LogP) is 2.27. The third-order valence-corrected chi connectivity index (χ3v) is 4.33. The van der Waals surface area contributed by atoms with E-state index in [1.165, 1.54) is 32.4 Å². The van der Waals surface area contributed by atoms with Crippen molar-refractivity contribution in [2.75, 3.05) is 19.6 Å². The minimum atomic E-state index is 0.712. The van der Waals surface area contributed by atoms with Crippen LogP contribution < -0.4 is 5.32 Å². The standard InChI is InChI=1S/C14H26N2/c1-4-8-15-14-12-6-5-7-13(14)10-16(9-12)11(2)3/h4,11-15H,1,5-10H2,2-3H3. The molecule has 2 rings (SSSR count). The van der Waals surface area contributed by atoms with Gasteiger partial charge in [-0.2, -0.15) is 0 Å². The molecule has 2 nitrogen and oxygen atoms in total. The molecular formula is C14H26N2. The van der Waals surface area contributed by atoms with Crippen molar-refractivity contribution in [3.63, 3.8) is 0 Å². The van der Waals surface area contributed by atoms with Crippen molar-refractivity contribution in [3.05, 3.63) is 12.7 Å². The molecule has 1 saturated heterocycles. The zero-order chi connectivity index (χ0) is 11.5. The lowest BCUT2D eigenvalue weighted by Gasteiger charge is -2.49. The van der Waals surface area contributed by atoms with Crippen LogP contribution in [-0.4, -0.2) is 36.6 Å². The molecule has 2 heteroatoms. The van der Waals surface area contributed by atoms with Gasteiger partial charge in [0.1, 0.15) is 0 Å². The van der Waals surface area contributed by atoms with E-state index in [1.54, 1.807) is 0 Å². The van der Waals surface area contributed by atoms with Crippen molar-refractivity contribution in [2.24, 2.45) is 11.8 Å². The highest BCUT2D eigenvalue weighted by Crippen LogP contribution is 2.35. The SMILES string of the molecule is C=CCNC1C2CCCC1CN(C(C)C)C2. The van der Waals surface area contributed by atoms with Crippen molar-refractivity contribution >= 4 is 0 Å². The number of piperidine rings is 1. The largest absolute Gasteiger partial charge is 0.310 e. The minimum absolute atomic E-state index is 0.712. The molecule has 2 unspecified atom stereocenters. The number of nitrogens with one attached hydrogen (secondary N) is 1. The molecule has 1 heterocycles. The molecule has 0 aromatic rings. The third kappa shape index (κ3) is 2.49. The summed E-state index contributed by atoms with van der Waals surface area (Å²) in [6.07, 6.45) is 6.25. The van der Waals surface area contributed by atoms with E-state index in [9.17, 15) is 0 Å². The average Bonchev–Trinajstić information content (AvgIpc) is 2.24. The van der Waals surface area contributed by atoms with E-state index in [2.05, 4.69) is 30.6 Å². The number of likely N-dealkylation sites (tertiary alicyclic amines) is 1. The van der Waals surface area contributed by atoms with Gasteiger partial charge in [0, 0.05) is 31.7 Å². The molecular weight excluding hydrogens is 196 g/mol. The van der Waals surface area contributed by atoms with Gasteiger partial charge in [0.15, 0.2) is 0 Å². The number of fused-ring (bicyclic) bond motifs is 2. The first kappa shape index (κ1) is 12.1. The third-order valence-electron chi connectivity index (χ3n) is 4.33. The fourth-order valence-corrected chi connectivity index (χ4v) is 3.45. The lowest BCUT2D eigenvalue weighted by atomic mass is 9.73. The first-order valence-corrected chi connectivity index (χ1v) is 6.80. The Morgan fingerprint density at radius 1 is 1.31 bits per heavy atom. The summed E-state index contributed by atoms with van der Waals surface area (Å²) in [6, 6.07) is 1.46. The van der Waals surface area contributed by atoms with Crippen molar-refractivity contribution in [1.29, 1.82) is 0 Å². The molecule has 1 aliphatic carbocycles. The van der Waals surface area contributed by atoms with Crippen LogP contribution in [0.1, 0.15) is 33.1 Å². The summed E-state index contributed by atoms with van der Waals surface area (Å²) in [5.74, 6) is 1.74. The van der Waals surface area contributed by atoms with Gasteiger partial charge >= 0.3 is 0 Å². The molecule has 2 fully saturated rings. The van der Waals surface area contributed by atoms with Crippen molar-refractivity contribution in [1.82, 2.24) is 10.2 Å². The fourth-order valence-electron chi connectivity index (χ4n) is 3.45. The zero-order valence-corrected chi connectivity index (χ0v) is 10.8. The van der Waals surface area contributed by atoms with Crippen LogP contribution in [0.2, 0.25) is 0 Å². The van der Waals surface area contributed by atoms with E-state index in [0.717, 1.165) is 24.4 Å². The molecule has 0 aromatic heterocycles. The van der Waals surface area contributed by atoms with E-state index >= 15 is 0 Å². The molecule has 1 saturated carbocycles. The minimum Gasteiger partial charge on any atom is -0.310 e. The average molecular weight is 222 g/mol.